The highest BCUT2D eigenvalue weighted by Crippen LogP contribution is 2.21. The number of H-pyrrole nitrogens is 1. The normalized spacial score (nSPS) is 26.6. The van der Waals surface area contributed by atoms with E-state index in [1.54, 1.807) is 6.20 Å². The Morgan fingerprint density at radius 1 is 1.43 bits per heavy atom. The Bertz CT molecular complexity index is 939. The van der Waals surface area contributed by atoms with Crippen molar-refractivity contribution < 1.29 is 14.2 Å². The van der Waals surface area contributed by atoms with Crippen molar-refractivity contribution in [2.24, 2.45) is 10.7 Å². The van der Waals surface area contributed by atoms with E-state index in [1.807, 2.05) is 11.6 Å². The number of aromatic amines is 1. The summed E-state index contributed by atoms with van der Waals surface area (Å²) >= 11 is 6.26. The van der Waals surface area contributed by atoms with Gasteiger partial charge in [-0.05, 0) is 26.7 Å². The van der Waals surface area contributed by atoms with Crippen LogP contribution in [0.1, 0.15) is 33.1 Å². The van der Waals surface area contributed by atoms with Crippen molar-refractivity contribution in [2.45, 2.75) is 51.8 Å². The summed E-state index contributed by atoms with van der Waals surface area (Å²) in [5.74, 6) is 0.703. The van der Waals surface area contributed by atoms with Gasteiger partial charge in [0.15, 0.2) is 5.15 Å². The number of aryl methyl sites for hydroxylation is 1. The maximum atomic E-state index is 6.26. The van der Waals surface area contributed by atoms with Gasteiger partial charge in [-0.15, -0.1) is 0 Å². The summed E-state index contributed by atoms with van der Waals surface area (Å²) in [6.07, 6.45) is 4.42. The van der Waals surface area contributed by atoms with E-state index in [-0.39, 0.29) is 12.1 Å². The zero-order valence-electron chi connectivity index (χ0n) is 16.0. The molecule has 4 heterocycles. The Morgan fingerprint density at radius 3 is 3.11 bits per heavy atom. The van der Waals surface area contributed by atoms with Gasteiger partial charge in [0.05, 0.1) is 30.7 Å². The number of rotatable bonds is 2. The largest absolute Gasteiger partial charge is 0.478 e. The number of nitrogens with two attached hydrogens (primary N) is 1. The number of halogens is 1. The number of nitrogens with zero attached hydrogens (tertiary/aromatic N) is 4. The van der Waals surface area contributed by atoms with E-state index in [2.05, 4.69) is 27.3 Å². The summed E-state index contributed by atoms with van der Waals surface area (Å²) in [6.45, 7) is 5.85. The van der Waals surface area contributed by atoms with Crippen molar-refractivity contribution in [1.82, 2.24) is 15.1 Å². The smallest absolute Gasteiger partial charge is 0.358 e. The van der Waals surface area contributed by atoms with Gasteiger partial charge in [0, 0.05) is 18.0 Å². The molecule has 1 saturated heterocycles. The van der Waals surface area contributed by atoms with E-state index in [0.717, 1.165) is 42.6 Å². The highest BCUT2D eigenvalue weighted by atomic mass is 35.5. The summed E-state index contributed by atoms with van der Waals surface area (Å²) in [5.41, 5.74) is 8.32. The first-order chi connectivity index (χ1) is 13.5. The Balaban J connectivity index is 1.68. The van der Waals surface area contributed by atoms with Crippen LogP contribution in [-0.2, 0) is 16.0 Å². The lowest BCUT2D eigenvalue weighted by molar-refractivity contribution is -0.728. The number of fused-ring (bicyclic) bond motifs is 1. The predicted molar refractivity (Wildman–Crippen MR) is 106 cm³/mol. The van der Waals surface area contributed by atoms with Gasteiger partial charge in [0.2, 0.25) is 5.88 Å². The fourth-order valence-corrected chi connectivity index (χ4v) is 3.77. The third kappa shape index (κ3) is 3.90. The van der Waals surface area contributed by atoms with Crippen LogP contribution in [0.2, 0.25) is 5.15 Å². The molecule has 2 aliphatic heterocycles. The Labute approximate surface area is 168 Å². The molecule has 2 aromatic heterocycles. The molecule has 0 amide bonds. The number of ether oxygens (including phenoxy) is 2. The fraction of sp³-hybridized carbons (Fsp3) is 0.556. The summed E-state index contributed by atoms with van der Waals surface area (Å²) in [6, 6.07) is 0.193. The zero-order valence-corrected chi connectivity index (χ0v) is 16.8. The van der Waals surface area contributed by atoms with Crippen molar-refractivity contribution >= 4 is 34.3 Å². The first-order valence-electron chi connectivity index (χ1n) is 9.51. The molecular weight excluding hydrogens is 382 g/mol. The second-order valence-electron chi connectivity index (χ2n) is 7.15. The van der Waals surface area contributed by atoms with Crippen LogP contribution in [0.4, 0.5) is 5.95 Å². The Hall–Kier alpha value is -2.39. The Kier molecular flexibility index (Phi) is 5.36. The lowest BCUT2D eigenvalue weighted by Gasteiger charge is -2.25. The van der Waals surface area contributed by atoms with Gasteiger partial charge in [0.1, 0.15) is 17.6 Å². The Morgan fingerprint density at radius 2 is 2.29 bits per heavy atom. The first kappa shape index (κ1) is 18.9. The molecule has 1 fully saturated rings. The molecular formula is C18H25ClN7O2+. The molecule has 0 saturated carbocycles. The molecule has 0 aliphatic carbocycles. The molecule has 0 aromatic carbocycles. The van der Waals surface area contributed by atoms with Crippen LogP contribution >= 0.6 is 11.6 Å². The van der Waals surface area contributed by atoms with Gasteiger partial charge >= 0.3 is 11.6 Å². The molecule has 2 bridgehead atoms. The molecule has 4 rings (SSSR count). The summed E-state index contributed by atoms with van der Waals surface area (Å²) in [4.78, 5) is 13.8. The van der Waals surface area contributed by atoms with E-state index in [4.69, 9.17) is 31.8 Å². The molecule has 2 aliphatic rings. The van der Waals surface area contributed by atoms with Crippen molar-refractivity contribution in [1.29, 1.82) is 0 Å². The summed E-state index contributed by atoms with van der Waals surface area (Å²) in [7, 11) is 0. The molecule has 0 radical (unpaired) electrons. The van der Waals surface area contributed by atoms with Crippen LogP contribution < -0.4 is 15.7 Å². The number of aromatic nitrogens is 4. The minimum Gasteiger partial charge on any atom is -0.478 e. The van der Waals surface area contributed by atoms with Crippen molar-refractivity contribution in [2.75, 3.05) is 18.5 Å². The maximum absolute atomic E-state index is 6.26. The van der Waals surface area contributed by atoms with Crippen LogP contribution in [0.15, 0.2) is 22.8 Å². The molecule has 4 N–H and O–H groups in total. The number of hydrogen-bond donors (Lipinski definition) is 3. The second-order valence-corrected chi connectivity index (χ2v) is 7.53. The average Bonchev–Trinajstić information content (AvgIpc) is 2.97. The molecule has 0 spiro atoms. The SMILES string of the molecule is CC(=N[C@H]1CCO[C@@H](C)C1)/C1=C(\N)OCCC[n+]2[nH]c(Cl)c3cnc(nc32)N1. The minimum absolute atomic E-state index is 0.193. The first-order valence-corrected chi connectivity index (χ1v) is 9.89. The second kappa shape index (κ2) is 7.92. The molecule has 0 unspecified atom stereocenters. The number of nitrogens with one attached hydrogen (secondary N) is 2. The monoisotopic (exact) mass is 406 g/mol. The molecule has 28 heavy (non-hydrogen) atoms. The third-order valence-electron chi connectivity index (χ3n) is 4.96. The van der Waals surface area contributed by atoms with Crippen LogP contribution in [-0.4, -0.2) is 46.1 Å². The summed E-state index contributed by atoms with van der Waals surface area (Å²) in [5, 5.41) is 7.58. The van der Waals surface area contributed by atoms with Gasteiger partial charge in [-0.2, -0.15) is 9.67 Å². The topological polar surface area (TPSA) is 114 Å². The number of anilines is 1. The minimum atomic E-state index is 0.193. The van der Waals surface area contributed by atoms with Gasteiger partial charge in [-0.1, -0.05) is 11.6 Å². The summed E-state index contributed by atoms with van der Waals surface area (Å²) < 4.78 is 13.3. The zero-order chi connectivity index (χ0) is 19.7. The molecule has 150 valence electrons. The van der Waals surface area contributed by atoms with Gasteiger partial charge in [-0.25, -0.2) is 5.10 Å². The molecule has 10 heteroatoms. The van der Waals surface area contributed by atoms with Gasteiger partial charge < -0.3 is 15.2 Å². The quantitative estimate of drug-likeness (QED) is 0.518. The molecule has 9 nitrogen and oxygen atoms in total. The fourth-order valence-electron chi connectivity index (χ4n) is 3.54. The molecule has 2 atom stereocenters. The molecule has 2 aromatic rings. The van der Waals surface area contributed by atoms with E-state index in [1.165, 1.54) is 0 Å². The number of hydrogen-bond acceptors (Lipinski definition) is 7. The van der Waals surface area contributed by atoms with Crippen LogP contribution in [0.3, 0.4) is 0 Å². The van der Waals surface area contributed by atoms with Crippen LogP contribution in [0.25, 0.3) is 11.0 Å². The highest BCUT2D eigenvalue weighted by molar-refractivity contribution is 6.33. The average molecular weight is 407 g/mol. The van der Waals surface area contributed by atoms with Gasteiger partial charge in [0.25, 0.3) is 0 Å². The lowest BCUT2D eigenvalue weighted by atomic mass is 10.0. The maximum Gasteiger partial charge on any atom is 0.358 e. The van der Waals surface area contributed by atoms with E-state index < -0.39 is 0 Å². The van der Waals surface area contributed by atoms with Crippen molar-refractivity contribution in [3.8, 4) is 0 Å². The van der Waals surface area contributed by atoms with Crippen LogP contribution in [0.5, 0.6) is 0 Å². The highest BCUT2D eigenvalue weighted by Gasteiger charge is 2.24. The van der Waals surface area contributed by atoms with Crippen molar-refractivity contribution in [3.63, 3.8) is 0 Å². The number of allylic oxidation sites excluding steroid dienone is 1. The standard InChI is InChI=1S/C18H24ClN7O2/c1-10-8-12(4-7-27-10)22-11(2)14-16(20)28-6-3-5-26-17-13(15(19)25-26)9-21-18(23-14)24-17/h9-10,12H,3-8H2,1-2H3,(H3,20,21,22,23,24,25)/p+1/t10-,12-/m0/s1. The van der Waals surface area contributed by atoms with Crippen LogP contribution in [0, 0.1) is 0 Å². The van der Waals surface area contributed by atoms with E-state index in [9.17, 15) is 0 Å². The third-order valence-corrected chi connectivity index (χ3v) is 5.24. The van der Waals surface area contributed by atoms with Crippen molar-refractivity contribution in [3.05, 3.63) is 22.9 Å². The number of aliphatic imine (C=N–C) groups is 1. The predicted octanol–water partition coefficient (Wildman–Crippen LogP) is 1.89. The lowest BCUT2D eigenvalue weighted by Crippen LogP contribution is -2.37. The van der Waals surface area contributed by atoms with Gasteiger partial charge in [-0.3, -0.25) is 10.3 Å². The van der Waals surface area contributed by atoms with E-state index >= 15 is 0 Å². The van der Waals surface area contributed by atoms with E-state index in [0.29, 0.717) is 35.8 Å².